The van der Waals surface area contributed by atoms with Gasteiger partial charge < -0.3 is 29.3 Å². The molecule has 4 N–H and O–H groups in total. The summed E-state index contributed by atoms with van der Waals surface area (Å²) in [4.78, 5) is 30.5. The van der Waals surface area contributed by atoms with Gasteiger partial charge in [0, 0.05) is 5.39 Å². The van der Waals surface area contributed by atoms with Crippen LogP contribution in [0.5, 0.6) is 5.75 Å². The van der Waals surface area contributed by atoms with Gasteiger partial charge in [-0.05, 0) is 99.1 Å². The fourth-order valence-corrected chi connectivity index (χ4v) is 15.0. The minimum absolute atomic E-state index is 0.148. The fraction of sp³-hybridized carbons (Fsp3) is 0.320. The molecular weight excluding hydrogens is 792 g/mol. The lowest BCUT2D eigenvalue weighted by Crippen LogP contribution is -2.66. The van der Waals surface area contributed by atoms with Crippen LogP contribution in [0.4, 0.5) is 5.69 Å². The quantitative estimate of drug-likeness (QED) is 0.0580. The van der Waals surface area contributed by atoms with Crippen LogP contribution in [0.1, 0.15) is 65.4 Å². The highest BCUT2D eigenvalue weighted by atomic mass is 28.4. The van der Waals surface area contributed by atoms with Gasteiger partial charge in [0.1, 0.15) is 5.75 Å². The summed E-state index contributed by atoms with van der Waals surface area (Å²) in [5.41, 5.74) is 4.53. The molecule has 3 aliphatic rings. The summed E-state index contributed by atoms with van der Waals surface area (Å²) < 4.78 is 14.1. The lowest BCUT2D eigenvalue weighted by molar-refractivity contribution is -0.122. The van der Waals surface area contributed by atoms with Crippen molar-refractivity contribution in [3.8, 4) is 5.75 Å². The molecule has 62 heavy (non-hydrogen) atoms. The summed E-state index contributed by atoms with van der Waals surface area (Å²) in [6.07, 6.45) is 5.03. The number of phenolic OH excluding ortho intramolecular Hbond substituents is 1. The Morgan fingerprint density at radius 2 is 1.52 bits per heavy atom. The van der Waals surface area contributed by atoms with Crippen LogP contribution in [0.2, 0.25) is 11.4 Å². The number of allylic oxidation sites excluding steroid dienone is 1. The van der Waals surface area contributed by atoms with Crippen LogP contribution >= 0.6 is 0 Å². The summed E-state index contributed by atoms with van der Waals surface area (Å²) in [5, 5.41) is 45.8. The molecule has 2 amide bonds. The van der Waals surface area contributed by atoms with E-state index >= 15 is 0 Å². The molecule has 0 saturated carbocycles. The molecule has 12 heteroatoms. The minimum Gasteiger partial charge on any atom is -0.507 e. The molecule has 0 bridgehead atoms. The van der Waals surface area contributed by atoms with E-state index in [-0.39, 0.29) is 53.1 Å². The third kappa shape index (κ3) is 8.16. The zero-order chi connectivity index (χ0) is 43.8. The summed E-state index contributed by atoms with van der Waals surface area (Å²) in [6.45, 7) is 9.05. The number of imide groups is 1. The van der Waals surface area contributed by atoms with Gasteiger partial charge in [-0.2, -0.15) is 0 Å². The van der Waals surface area contributed by atoms with Gasteiger partial charge in [-0.25, -0.2) is 0 Å². The monoisotopic (exact) mass is 847 g/mol. The number of carbonyl (C=O) groups is 2. The molecule has 2 saturated heterocycles. The van der Waals surface area contributed by atoms with Gasteiger partial charge in [-0.1, -0.05) is 149 Å². The molecule has 2 fully saturated rings. The van der Waals surface area contributed by atoms with Crippen molar-refractivity contribution in [1.82, 2.24) is 0 Å². The number of hydrogen-bond donors (Lipinski definition) is 4. The Labute approximate surface area is 366 Å². The maximum atomic E-state index is 14.7. The smallest absolute Gasteiger partial charge is 0.488 e. The fourth-order valence-electron chi connectivity index (χ4n) is 10.5. The van der Waals surface area contributed by atoms with E-state index in [0.29, 0.717) is 12.8 Å². The van der Waals surface area contributed by atoms with Crippen LogP contribution in [0.25, 0.3) is 16.8 Å². The Morgan fingerprint density at radius 1 is 0.855 bits per heavy atom. The molecule has 5 aromatic carbocycles. The molecule has 0 aromatic heterocycles. The van der Waals surface area contributed by atoms with Crippen molar-refractivity contribution < 1.29 is 38.8 Å². The molecule has 9 nitrogen and oxygen atoms in total. The molecule has 4 atom stereocenters. The Bertz CT molecular complexity index is 2470. The van der Waals surface area contributed by atoms with Crippen molar-refractivity contribution in [3.05, 3.63) is 144 Å². The number of benzene rings is 5. The number of amides is 2. The Kier molecular flexibility index (Phi) is 12.6. The Hall–Kier alpha value is -5.07. The minimum atomic E-state index is -3.05. The average Bonchev–Trinajstić information content (AvgIpc) is 3.52. The summed E-state index contributed by atoms with van der Waals surface area (Å²) in [5.74, 6) is -2.42. The van der Waals surface area contributed by atoms with E-state index in [0.717, 1.165) is 50.7 Å². The van der Waals surface area contributed by atoms with Crippen molar-refractivity contribution in [2.75, 3.05) is 11.5 Å². The summed E-state index contributed by atoms with van der Waals surface area (Å²) in [7, 11) is -5.98. The second-order valence-corrected chi connectivity index (χ2v) is 22.4. The molecule has 2 heterocycles. The van der Waals surface area contributed by atoms with Crippen LogP contribution in [-0.2, 0) is 18.7 Å². The number of anilines is 1. The largest absolute Gasteiger partial charge is 0.507 e. The molecule has 8 rings (SSSR count). The number of rotatable bonds is 13. The molecule has 0 unspecified atom stereocenters. The molecule has 0 radical (unpaired) electrons. The van der Waals surface area contributed by atoms with Gasteiger partial charge in [0.05, 0.1) is 30.2 Å². The van der Waals surface area contributed by atoms with Crippen LogP contribution in [-0.4, -0.2) is 67.3 Å². The standard InChI is InChI=1S/C50H55B2NO8Si/c1-5-15-33(28-34-25-26-44(54)41-23-13-12-22-40(34)41)24-27-45-46-35(32-60-62(50(2,3)4,38-18-8-6-9-19-38)39-20-10-7-11-21-39)29-42-47(43(46)31-51(57)61-45)49(56)53(48(42)55)37-17-14-16-36(30-37)52(58)59/h6-14,16-23,25-26,28,30,42-43,45,47,54,57-59H,5,15,24,27,29,31-32H2,1-4H3/b33-28+/t42-,43+,45-,47-/m1/s1. The molecule has 0 spiro atoms. The summed E-state index contributed by atoms with van der Waals surface area (Å²) in [6, 6.07) is 38.6. The van der Waals surface area contributed by atoms with Crippen LogP contribution < -0.4 is 20.7 Å². The van der Waals surface area contributed by atoms with Gasteiger partial charge in [-0.15, -0.1) is 0 Å². The normalized spacial score (nSPS) is 20.8. The lowest BCUT2D eigenvalue weighted by Gasteiger charge is -2.46. The first-order valence-electron chi connectivity index (χ1n) is 21.9. The highest BCUT2D eigenvalue weighted by molar-refractivity contribution is 6.99. The molecule has 5 aromatic rings. The van der Waals surface area contributed by atoms with Gasteiger partial charge in [-0.3, -0.25) is 14.5 Å². The van der Waals surface area contributed by atoms with Crippen LogP contribution in [0.3, 0.4) is 0 Å². The topological polar surface area (TPSA) is 137 Å². The van der Waals surface area contributed by atoms with Crippen LogP contribution in [0, 0.1) is 17.8 Å². The van der Waals surface area contributed by atoms with Crippen molar-refractivity contribution in [3.63, 3.8) is 0 Å². The van der Waals surface area contributed by atoms with Gasteiger partial charge in [0.2, 0.25) is 11.8 Å². The van der Waals surface area contributed by atoms with Crippen molar-refractivity contribution >= 4 is 72.7 Å². The van der Waals surface area contributed by atoms with E-state index in [4.69, 9.17) is 9.08 Å². The maximum Gasteiger partial charge on any atom is 0.488 e. The molecule has 318 valence electrons. The average molecular weight is 848 g/mol. The van der Waals surface area contributed by atoms with Crippen molar-refractivity contribution in [2.45, 2.75) is 77.3 Å². The lowest BCUT2D eigenvalue weighted by atomic mass is 9.58. The molecular formula is C50H55B2NO8Si. The second kappa shape index (κ2) is 18.0. The molecule has 1 aliphatic carbocycles. The van der Waals surface area contributed by atoms with E-state index in [2.05, 4.69) is 82.3 Å². The Balaban J connectivity index is 1.22. The third-order valence-corrected chi connectivity index (χ3v) is 18.2. The van der Waals surface area contributed by atoms with Gasteiger partial charge in [0.15, 0.2) is 0 Å². The SMILES string of the molecule is CCC/C(=C\c1ccc(O)c2ccccc12)CC[C@H]1OB(O)C[C@H]2C1=C(CO[Si](c1ccccc1)(c1ccccc1)C(C)(C)C)C[C@H]1C(=O)N(c3cccc(B(O)O)c3)C(=O)[C@H]12. The number of aromatic hydroxyl groups is 1. The third-order valence-electron chi connectivity index (χ3n) is 13.2. The van der Waals surface area contributed by atoms with E-state index in [9.17, 15) is 29.8 Å². The van der Waals surface area contributed by atoms with Crippen LogP contribution in [0.15, 0.2) is 138 Å². The first-order valence-corrected chi connectivity index (χ1v) is 23.8. The predicted molar refractivity (Wildman–Crippen MR) is 250 cm³/mol. The molecule has 2 aliphatic heterocycles. The maximum absolute atomic E-state index is 14.7. The summed E-state index contributed by atoms with van der Waals surface area (Å²) >= 11 is 0. The van der Waals surface area contributed by atoms with E-state index in [1.165, 1.54) is 22.6 Å². The van der Waals surface area contributed by atoms with E-state index in [1.807, 2.05) is 42.5 Å². The number of fused-ring (bicyclic) bond motifs is 4. The highest BCUT2D eigenvalue weighted by Crippen LogP contribution is 2.52. The van der Waals surface area contributed by atoms with Gasteiger partial charge >= 0.3 is 14.2 Å². The zero-order valence-corrected chi connectivity index (χ0v) is 36.9. The number of nitrogens with zero attached hydrogens (tertiary/aromatic N) is 1. The number of carbonyl (C=O) groups excluding carboxylic acids is 2. The number of phenols is 1. The first kappa shape index (κ1) is 43.6. The van der Waals surface area contributed by atoms with Crippen molar-refractivity contribution in [1.29, 1.82) is 0 Å². The highest BCUT2D eigenvalue weighted by Gasteiger charge is 2.58. The number of hydrogen-bond acceptors (Lipinski definition) is 8. The van der Waals surface area contributed by atoms with Gasteiger partial charge in [0.25, 0.3) is 8.32 Å². The zero-order valence-electron chi connectivity index (χ0n) is 35.9. The second-order valence-electron chi connectivity index (χ2n) is 18.1. The predicted octanol–water partition coefficient (Wildman–Crippen LogP) is 6.77. The Morgan fingerprint density at radius 3 is 2.16 bits per heavy atom. The first-order chi connectivity index (χ1) is 29.8. The van der Waals surface area contributed by atoms with E-state index < -0.39 is 46.4 Å². The van der Waals surface area contributed by atoms with E-state index in [1.54, 1.807) is 18.2 Å². The van der Waals surface area contributed by atoms with Crippen molar-refractivity contribution in [2.24, 2.45) is 17.8 Å².